The Hall–Kier alpha value is -1.66. The number of nitrogens with one attached hydrogen (secondary N) is 1. The van der Waals surface area contributed by atoms with Crippen molar-refractivity contribution in [1.29, 1.82) is 0 Å². The number of H-pyrrole nitrogens is 1. The van der Waals surface area contributed by atoms with Crippen LogP contribution in [0.4, 0.5) is 0 Å². The molecule has 3 rings (SSSR count). The van der Waals surface area contributed by atoms with Gasteiger partial charge in [0, 0.05) is 4.47 Å². The number of nitrogens with zero attached hydrogens (tertiary/aromatic N) is 1. The molecule has 1 aromatic carbocycles. The van der Waals surface area contributed by atoms with Gasteiger partial charge in [-0.1, -0.05) is 15.9 Å². The molecule has 1 N–H and O–H groups in total. The number of hydrogen-bond acceptors (Lipinski definition) is 3. The second-order valence-corrected chi connectivity index (χ2v) is 5.97. The molecule has 3 aromatic rings. The van der Waals surface area contributed by atoms with Gasteiger partial charge in [-0.2, -0.15) is 0 Å². The molecule has 4 nitrogen and oxygen atoms in total. The van der Waals surface area contributed by atoms with E-state index in [1.165, 1.54) is 11.3 Å². The Morgan fingerprint density at radius 2 is 1.89 bits per heavy atom. The van der Waals surface area contributed by atoms with E-state index in [0.29, 0.717) is 15.9 Å². The predicted octanol–water partition coefficient (Wildman–Crippen LogP) is 2.81. The van der Waals surface area contributed by atoms with Crippen LogP contribution in [-0.2, 0) is 0 Å². The molecular weight excluding hydrogens is 328 g/mol. The van der Waals surface area contributed by atoms with Gasteiger partial charge in [-0.3, -0.25) is 9.78 Å². The topological polar surface area (TPSA) is 54.9 Å². The zero-order valence-corrected chi connectivity index (χ0v) is 12.3. The lowest BCUT2D eigenvalue weighted by Gasteiger charge is -2.05. The Bertz CT molecular complexity index is 874. The van der Waals surface area contributed by atoms with Crippen molar-refractivity contribution in [2.45, 2.75) is 6.92 Å². The summed E-state index contributed by atoms with van der Waals surface area (Å²) < 4.78 is 2.06. The van der Waals surface area contributed by atoms with E-state index < -0.39 is 5.69 Å². The minimum absolute atomic E-state index is 0.278. The van der Waals surface area contributed by atoms with Crippen molar-refractivity contribution in [3.8, 4) is 5.69 Å². The van der Waals surface area contributed by atoms with Gasteiger partial charge >= 0.3 is 5.69 Å². The molecule has 0 spiro atoms. The number of aromatic nitrogens is 2. The molecule has 0 bridgehead atoms. The van der Waals surface area contributed by atoms with E-state index in [1.807, 2.05) is 12.3 Å². The zero-order chi connectivity index (χ0) is 13.6. The maximum absolute atomic E-state index is 12.5. The minimum atomic E-state index is -0.415. The number of rotatable bonds is 1. The number of hydrogen-bond donors (Lipinski definition) is 1. The van der Waals surface area contributed by atoms with E-state index in [2.05, 4.69) is 20.9 Å². The second kappa shape index (κ2) is 4.47. The molecule has 0 aliphatic rings. The highest BCUT2D eigenvalue weighted by molar-refractivity contribution is 9.10. The summed E-state index contributed by atoms with van der Waals surface area (Å²) in [5.74, 6) is 0. The molecule has 0 atom stereocenters. The Kier molecular flexibility index (Phi) is 2.91. The van der Waals surface area contributed by atoms with Crippen LogP contribution in [-0.4, -0.2) is 9.55 Å². The monoisotopic (exact) mass is 336 g/mol. The number of thiophene rings is 1. The van der Waals surface area contributed by atoms with Crippen molar-refractivity contribution in [3.63, 3.8) is 0 Å². The summed E-state index contributed by atoms with van der Waals surface area (Å²) in [6.45, 7) is 1.87. The van der Waals surface area contributed by atoms with E-state index in [4.69, 9.17) is 0 Å². The Labute approximate surface area is 120 Å². The van der Waals surface area contributed by atoms with Gasteiger partial charge < -0.3 is 0 Å². The highest BCUT2D eigenvalue weighted by Gasteiger charge is 2.12. The van der Waals surface area contributed by atoms with Crippen molar-refractivity contribution in [3.05, 3.63) is 60.5 Å². The molecular formula is C13H9BrN2O2S. The van der Waals surface area contributed by atoms with Gasteiger partial charge in [0.15, 0.2) is 0 Å². The first-order valence-corrected chi connectivity index (χ1v) is 7.24. The van der Waals surface area contributed by atoms with Crippen molar-refractivity contribution in [2.75, 3.05) is 0 Å². The molecule has 0 amide bonds. The first-order valence-electron chi connectivity index (χ1n) is 5.57. The SMILES string of the molecule is Cc1csc2[nH]c(=O)n(-c3ccc(Br)cc3)c(=O)c12. The van der Waals surface area contributed by atoms with Crippen LogP contribution in [0, 0.1) is 6.92 Å². The van der Waals surface area contributed by atoms with Crippen LogP contribution in [0.2, 0.25) is 0 Å². The molecule has 2 heterocycles. The van der Waals surface area contributed by atoms with E-state index in [0.717, 1.165) is 14.6 Å². The average Bonchev–Trinajstić information content (AvgIpc) is 2.73. The lowest BCUT2D eigenvalue weighted by molar-refractivity contribution is 0.903. The van der Waals surface area contributed by atoms with E-state index >= 15 is 0 Å². The molecule has 2 aromatic heterocycles. The summed E-state index contributed by atoms with van der Waals surface area (Å²) in [5.41, 5.74) is 0.746. The normalized spacial score (nSPS) is 11.1. The fourth-order valence-electron chi connectivity index (χ4n) is 1.98. The molecule has 0 aliphatic heterocycles. The highest BCUT2D eigenvalue weighted by atomic mass is 79.9. The fraction of sp³-hybridized carbons (Fsp3) is 0.0769. The molecule has 96 valence electrons. The standard InChI is InChI=1S/C13H9BrN2O2S/c1-7-6-19-11-10(7)12(17)16(13(18)15-11)9-4-2-8(14)3-5-9/h2-6H,1H3,(H,15,18). The van der Waals surface area contributed by atoms with Crippen LogP contribution in [0.3, 0.4) is 0 Å². The van der Waals surface area contributed by atoms with Crippen LogP contribution in [0.15, 0.2) is 43.7 Å². The summed E-state index contributed by atoms with van der Waals surface area (Å²) in [4.78, 5) is 27.9. The van der Waals surface area contributed by atoms with Crippen LogP contribution in [0.5, 0.6) is 0 Å². The summed E-state index contributed by atoms with van der Waals surface area (Å²) in [5, 5.41) is 2.45. The van der Waals surface area contributed by atoms with Gasteiger partial charge in [-0.05, 0) is 42.1 Å². The van der Waals surface area contributed by atoms with Crippen molar-refractivity contribution in [2.24, 2.45) is 0 Å². The highest BCUT2D eigenvalue weighted by Crippen LogP contribution is 2.19. The van der Waals surface area contributed by atoms with Gasteiger partial charge in [0.1, 0.15) is 4.83 Å². The first-order chi connectivity index (χ1) is 9.08. The van der Waals surface area contributed by atoms with E-state index in [9.17, 15) is 9.59 Å². The zero-order valence-electron chi connectivity index (χ0n) is 9.94. The van der Waals surface area contributed by atoms with Crippen molar-refractivity contribution < 1.29 is 0 Å². The average molecular weight is 337 g/mol. The minimum Gasteiger partial charge on any atom is -0.298 e. The van der Waals surface area contributed by atoms with E-state index in [1.54, 1.807) is 24.3 Å². The summed E-state index contributed by atoms with van der Waals surface area (Å²) in [6, 6.07) is 7.06. The lowest BCUT2D eigenvalue weighted by Crippen LogP contribution is -2.33. The number of aromatic amines is 1. The molecule has 19 heavy (non-hydrogen) atoms. The molecule has 0 radical (unpaired) electrons. The van der Waals surface area contributed by atoms with Crippen LogP contribution in [0.25, 0.3) is 15.9 Å². The first kappa shape index (κ1) is 12.4. The molecule has 0 aliphatic carbocycles. The third-order valence-corrected chi connectivity index (χ3v) is 4.44. The third kappa shape index (κ3) is 1.97. The number of fused-ring (bicyclic) bond motifs is 1. The largest absolute Gasteiger partial charge is 0.334 e. The van der Waals surface area contributed by atoms with Crippen LogP contribution >= 0.6 is 27.3 Å². The molecule has 0 saturated carbocycles. The maximum atomic E-state index is 12.5. The Morgan fingerprint density at radius 1 is 1.21 bits per heavy atom. The quantitative estimate of drug-likeness (QED) is 0.742. The number of benzene rings is 1. The molecule has 6 heteroatoms. The van der Waals surface area contributed by atoms with E-state index in [-0.39, 0.29) is 5.56 Å². The van der Waals surface area contributed by atoms with Gasteiger partial charge in [-0.15, -0.1) is 11.3 Å². The molecule has 0 unspecified atom stereocenters. The van der Waals surface area contributed by atoms with Gasteiger partial charge in [-0.25, -0.2) is 9.36 Å². The van der Waals surface area contributed by atoms with Crippen molar-refractivity contribution >= 4 is 37.5 Å². The third-order valence-electron chi connectivity index (χ3n) is 2.90. The summed E-state index contributed by atoms with van der Waals surface area (Å²) in [7, 11) is 0. The number of aryl methyl sites for hydroxylation is 1. The maximum Gasteiger partial charge on any atom is 0.334 e. The molecule has 0 saturated heterocycles. The van der Waals surface area contributed by atoms with Gasteiger partial charge in [0.05, 0.1) is 11.1 Å². The fourth-order valence-corrected chi connectivity index (χ4v) is 3.17. The van der Waals surface area contributed by atoms with Crippen LogP contribution in [0.1, 0.15) is 5.56 Å². The summed E-state index contributed by atoms with van der Waals surface area (Å²) >= 11 is 4.70. The lowest BCUT2D eigenvalue weighted by atomic mass is 10.2. The van der Waals surface area contributed by atoms with Crippen molar-refractivity contribution in [1.82, 2.24) is 9.55 Å². The van der Waals surface area contributed by atoms with Gasteiger partial charge in [0.25, 0.3) is 5.56 Å². The Morgan fingerprint density at radius 3 is 2.58 bits per heavy atom. The summed E-state index contributed by atoms with van der Waals surface area (Å²) in [6.07, 6.45) is 0. The second-order valence-electron chi connectivity index (χ2n) is 4.17. The van der Waals surface area contributed by atoms with Crippen LogP contribution < -0.4 is 11.2 Å². The smallest absolute Gasteiger partial charge is 0.298 e. The predicted molar refractivity (Wildman–Crippen MR) is 80.5 cm³/mol. The Balaban J connectivity index is 2.41. The van der Waals surface area contributed by atoms with Gasteiger partial charge in [0.2, 0.25) is 0 Å². The molecule has 0 fully saturated rings. The number of halogens is 1.